The Balaban J connectivity index is 2.37. The second-order valence-corrected chi connectivity index (χ2v) is 4.35. The van der Waals surface area contributed by atoms with E-state index in [-0.39, 0.29) is 0 Å². The summed E-state index contributed by atoms with van der Waals surface area (Å²) in [6, 6.07) is 16.4. The molecule has 2 N–H and O–H groups in total. The average molecular weight is 237 g/mol. The van der Waals surface area contributed by atoms with Crippen molar-refractivity contribution in [1.29, 1.82) is 0 Å². The first-order valence-corrected chi connectivity index (χ1v) is 6.01. The predicted octanol–water partition coefficient (Wildman–Crippen LogP) is 2.70. The highest BCUT2D eigenvalue weighted by Crippen LogP contribution is 2.29. The largest absolute Gasteiger partial charge is 0.326 e. The maximum Gasteiger partial charge on any atom is 0.100 e. The van der Waals surface area contributed by atoms with Crippen LogP contribution in [0, 0.1) is 0 Å². The van der Waals surface area contributed by atoms with Crippen molar-refractivity contribution in [2.75, 3.05) is 0 Å². The molecule has 3 rings (SSSR count). The van der Waals surface area contributed by atoms with Gasteiger partial charge >= 0.3 is 0 Å². The minimum absolute atomic E-state index is 0.531. The highest BCUT2D eigenvalue weighted by atomic mass is 15.3. The van der Waals surface area contributed by atoms with E-state index in [1.54, 1.807) is 0 Å². The standard InChI is InChI=1S/C15H15N3/c1-18-13-9-5-8-12(10-16)14(13)15(17-18)11-6-3-2-4-7-11/h2-9H,10,16H2,1H3. The van der Waals surface area contributed by atoms with Crippen LogP contribution < -0.4 is 5.73 Å². The smallest absolute Gasteiger partial charge is 0.100 e. The zero-order valence-corrected chi connectivity index (χ0v) is 10.3. The molecule has 0 saturated heterocycles. The van der Waals surface area contributed by atoms with Crippen LogP contribution in [-0.2, 0) is 13.6 Å². The molecule has 0 aliphatic heterocycles. The second kappa shape index (κ2) is 4.27. The lowest BCUT2D eigenvalue weighted by Crippen LogP contribution is -1.97. The molecule has 3 nitrogen and oxygen atoms in total. The number of nitrogens with two attached hydrogens (primary N) is 1. The second-order valence-electron chi connectivity index (χ2n) is 4.35. The van der Waals surface area contributed by atoms with Crippen LogP contribution in [0.25, 0.3) is 22.2 Å². The zero-order chi connectivity index (χ0) is 12.5. The molecule has 0 radical (unpaired) electrons. The van der Waals surface area contributed by atoms with Crippen LogP contribution >= 0.6 is 0 Å². The van der Waals surface area contributed by atoms with Gasteiger partial charge in [0, 0.05) is 24.5 Å². The van der Waals surface area contributed by atoms with Gasteiger partial charge in [0.1, 0.15) is 5.69 Å². The Kier molecular flexibility index (Phi) is 2.61. The van der Waals surface area contributed by atoms with Gasteiger partial charge in [-0.3, -0.25) is 4.68 Å². The van der Waals surface area contributed by atoms with Crippen LogP contribution in [-0.4, -0.2) is 9.78 Å². The Bertz CT molecular complexity index is 684. The van der Waals surface area contributed by atoms with Gasteiger partial charge in [0.05, 0.1) is 5.52 Å². The third-order valence-corrected chi connectivity index (χ3v) is 3.23. The van der Waals surface area contributed by atoms with Crippen molar-refractivity contribution in [3.05, 3.63) is 54.1 Å². The molecule has 0 aliphatic rings. The van der Waals surface area contributed by atoms with Crippen molar-refractivity contribution in [2.24, 2.45) is 12.8 Å². The Morgan fingerprint density at radius 1 is 1.06 bits per heavy atom. The molecule has 3 heteroatoms. The number of nitrogens with zero attached hydrogens (tertiary/aromatic N) is 2. The molecule has 3 aromatic rings. The lowest BCUT2D eigenvalue weighted by molar-refractivity contribution is 0.800. The van der Waals surface area contributed by atoms with Gasteiger partial charge in [-0.15, -0.1) is 0 Å². The van der Waals surface area contributed by atoms with Crippen molar-refractivity contribution in [1.82, 2.24) is 9.78 Å². The summed E-state index contributed by atoms with van der Waals surface area (Å²) in [6.07, 6.45) is 0. The van der Waals surface area contributed by atoms with Gasteiger partial charge in [0.2, 0.25) is 0 Å². The van der Waals surface area contributed by atoms with Crippen molar-refractivity contribution in [3.8, 4) is 11.3 Å². The summed E-state index contributed by atoms with van der Waals surface area (Å²) in [5.74, 6) is 0. The van der Waals surface area contributed by atoms with Crippen molar-refractivity contribution in [2.45, 2.75) is 6.54 Å². The van der Waals surface area contributed by atoms with Crippen LogP contribution in [0.15, 0.2) is 48.5 Å². The van der Waals surface area contributed by atoms with Crippen molar-refractivity contribution in [3.63, 3.8) is 0 Å². The molecule has 0 fully saturated rings. The molecule has 0 saturated carbocycles. The molecule has 90 valence electrons. The molecule has 18 heavy (non-hydrogen) atoms. The van der Waals surface area contributed by atoms with Crippen LogP contribution in [0.2, 0.25) is 0 Å². The summed E-state index contributed by atoms with van der Waals surface area (Å²) in [6.45, 7) is 0.531. The predicted molar refractivity (Wildman–Crippen MR) is 74.0 cm³/mol. The van der Waals surface area contributed by atoms with Crippen LogP contribution in [0.3, 0.4) is 0 Å². The molecule has 0 amide bonds. The third kappa shape index (κ3) is 1.60. The van der Waals surface area contributed by atoms with E-state index in [1.165, 1.54) is 0 Å². The van der Waals surface area contributed by atoms with Gasteiger partial charge in [-0.1, -0.05) is 42.5 Å². The normalized spacial score (nSPS) is 11.0. The maximum absolute atomic E-state index is 5.84. The van der Waals surface area contributed by atoms with Gasteiger partial charge in [0.25, 0.3) is 0 Å². The number of hydrogen-bond acceptors (Lipinski definition) is 2. The number of hydrogen-bond donors (Lipinski definition) is 1. The Labute approximate surface area is 106 Å². The van der Waals surface area contributed by atoms with Gasteiger partial charge in [-0.2, -0.15) is 5.10 Å². The fraction of sp³-hybridized carbons (Fsp3) is 0.133. The maximum atomic E-state index is 5.84. The van der Waals surface area contributed by atoms with E-state index in [0.717, 1.165) is 27.7 Å². The van der Waals surface area contributed by atoms with E-state index >= 15 is 0 Å². The van der Waals surface area contributed by atoms with Gasteiger partial charge < -0.3 is 5.73 Å². The molecule has 0 spiro atoms. The van der Waals surface area contributed by atoms with E-state index in [2.05, 4.69) is 29.4 Å². The lowest BCUT2D eigenvalue weighted by atomic mass is 10.0. The summed E-state index contributed by atoms with van der Waals surface area (Å²) >= 11 is 0. The molecule has 2 aromatic carbocycles. The molecular formula is C15H15N3. The minimum atomic E-state index is 0.531. The van der Waals surface area contributed by atoms with Crippen molar-refractivity contribution < 1.29 is 0 Å². The summed E-state index contributed by atoms with van der Waals surface area (Å²) in [4.78, 5) is 0. The van der Waals surface area contributed by atoms with Gasteiger partial charge in [-0.25, -0.2) is 0 Å². The van der Waals surface area contributed by atoms with Crippen LogP contribution in [0.4, 0.5) is 0 Å². The number of aryl methyl sites for hydroxylation is 1. The zero-order valence-electron chi connectivity index (χ0n) is 10.3. The molecule has 1 aromatic heterocycles. The first-order valence-electron chi connectivity index (χ1n) is 6.01. The highest BCUT2D eigenvalue weighted by Gasteiger charge is 2.12. The molecule has 0 bridgehead atoms. The number of aromatic nitrogens is 2. The van der Waals surface area contributed by atoms with E-state index in [0.29, 0.717) is 6.54 Å². The van der Waals surface area contributed by atoms with E-state index in [1.807, 2.05) is 36.0 Å². The fourth-order valence-electron chi connectivity index (χ4n) is 2.35. The molecular weight excluding hydrogens is 222 g/mol. The molecule has 0 unspecified atom stereocenters. The summed E-state index contributed by atoms with van der Waals surface area (Å²) < 4.78 is 1.91. The first-order chi connectivity index (χ1) is 8.81. The number of benzene rings is 2. The summed E-state index contributed by atoms with van der Waals surface area (Å²) in [5.41, 5.74) is 10.2. The summed E-state index contributed by atoms with van der Waals surface area (Å²) in [7, 11) is 1.97. The quantitative estimate of drug-likeness (QED) is 0.744. The van der Waals surface area contributed by atoms with Gasteiger partial charge in [-0.05, 0) is 11.6 Å². The lowest BCUT2D eigenvalue weighted by Gasteiger charge is -2.02. The molecule has 0 aliphatic carbocycles. The SMILES string of the molecule is Cn1nc(-c2ccccc2)c2c(CN)cccc21. The van der Waals surface area contributed by atoms with Gasteiger partial charge in [0.15, 0.2) is 0 Å². The highest BCUT2D eigenvalue weighted by molar-refractivity contribution is 5.95. The third-order valence-electron chi connectivity index (χ3n) is 3.23. The molecule has 1 heterocycles. The first kappa shape index (κ1) is 11.0. The Morgan fingerprint density at radius 3 is 2.56 bits per heavy atom. The van der Waals surface area contributed by atoms with E-state index < -0.39 is 0 Å². The van der Waals surface area contributed by atoms with Crippen molar-refractivity contribution >= 4 is 10.9 Å². The summed E-state index contributed by atoms with van der Waals surface area (Å²) in [5, 5.41) is 5.79. The van der Waals surface area contributed by atoms with E-state index in [4.69, 9.17) is 5.73 Å². The monoisotopic (exact) mass is 237 g/mol. The average Bonchev–Trinajstić information content (AvgIpc) is 2.77. The van der Waals surface area contributed by atoms with Crippen LogP contribution in [0.1, 0.15) is 5.56 Å². The van der Waals surface area contributed by atoms with E-state index in [9.17, 15) is 0 Å². The van der Waals surface area contributed by atoms with Crippen LogP contribution in [0.5, 0.6) is 0 Å². The minimum Gasteiger partial charge on any atom is -0.326 e. The Hall–Kier alpha value is -2.13. The Morgan fingerprint density at radius 2 is 1.83 bits per heavy atom. The topological polar surface area (TPSA) is 43.8 Å². The number of rotatable bonds is 2. The number of fused-ring (bicyclic) bond motifs is 1. The fourth-order valence-corrected chi connectivity index (χ4v) is 2.35. The molecule has 0 atom stereocenters.